The summed E-state index contributed by atoms with van der Waals surface area (Å²) in [5.74, 6) is 0. The molecular formula is C9H20N2. The van der Waals surface area contributed by atoms with E-state index in [1.165, 1.54) is 0 Å². The first-order valence-electron chi connectivity index (χ1n) is 4.56. The van der Waals surface area contributed by atoms with Crippen molar-refractivity contribution < 1.29 is 0 Å². The van der Waals surface area contributed by atoms with Crippen molar-refractivity contribution in [3.05, 3.63) is 0 Å². The van der Waals surface area contributed by atoms with Gasteiger partial charge in [0.15, 0.2) is 0 Å². The summed E-state index contributed by atoms with van der Waals surface area (Å²) in [4.78, 5) is 0. The summed E-state index contributed by atoms with van der Waals surface area (Å²) in [6, 6.07) is 2.31. The Kier molecular flexibility index (Phi) is 14.4. The standard InChI is InChI=1S/C5H8N2.2C2H6/c6-4-5-2-1-3-7-5;2*1-2/h5,7H,1-3H2;2*1-2H3. The summed E-state index contributed by atoms with van der Waals surface area (Å²) in [5.41, 5.74) is 0. The van der Waals surface area contributed by atoms with Crippen LogP contribution in [-0.4, -0.2) is 12.6 Å². The smallest absolute Gasteiger partial charge is 0.0953 e. The van der Waals surface area contributed by atoms with Crippen LogP contribution in [0.3, 0.4) is 0 Å². The van der Waals surface area contributed by atoms with Crippen LogP contribution >= 0.6 is 0 Å². The maximum atomic E-state index is 8.25. The summed E-state index contributed by atoms with van der Waals surface area (Å²) in [7, 11) is 0. The van der Waals surface area contributed by atoms with E-state index in [0.29, 0.717) is 0 Å². The molecule has 1 saturated heterocycles. The summed E-state index contributed by atoms with van der Waals surface area (Å²) >= 11 is 0. The molecule has 0 amide bonds. The average molecular weight is 156 g/mol. The first-order valence-corrected chi connectivity index (χ1v) is 4.56. The van der Waals surface area contributed by atoms with Crippen LogP contribution in [0.25, 0.3) is 0 Å². The lowest BCUT2D eigenvalue weighted by Gasteiger charge is -1.91. The maximum Gasteiger partial charge on any atom is 0.0953 e. The lowest BCUT2D eigenvalue weighted by atomic mass is 10.2. The van der Waals surface area contributed by atoms with Gasteiger partial charge in [0.05, 0.1) is 12.1 Å². The third-order valence-corrected chi connectivity index (χ3v) is 1.22. The molecule has 0 aromatic heterocycles. The Labute approximate surface area is 70.6 Å². The topological polar surface area (TPSA) is 35.8 Å². The highest BCUT2D eigenvalue weighted by atomic mass is 14.9. The first-order chi connectivity index (χ1) is 5.43. The molecule has 1 N–H and O–H groups in total. The van der Waals surface area contributed by atoms with E-state index in [1.807, 2.05) is 27.7 Å². The Bertz CT molecular complexity index is 88.2. The predicted molar refractivity (Wildman–Crippen MR) is 49.3 cm³/mol. The van der Waals surface area contributed by atoms with E-state index in [4.69, 9.17) is 5.26 Å². The molecular weight excluding hydrogens is 136 g/mol. The van der Waals surface area contributed by atoms with E-state index in [9.17, 15) is 0 Å². The fourth-order valence-corrected chi connectivity index (χ4v) is 0.795. The van der Waals surface area contributed by atoms with E-state index in [2.05, 4.69) is 11.4 Å². The predicted octanol–water partition coefficient (Wildman–Crippen LogP) is 2.31. The Morgan fingerprint density at radius 1 is 1.27 bits per heavy atom. The first kappa shape index (κ1) is 13.1. The number of rotatable bonds is 0. The van der Waals surface area contributed by atoms with Gasteiger partial charge >= 0.3 is 0 Å². The van der Waals surface area contributed by atoms with E-state index in [0.717, 1.165) is 19.4 Å². The van der Waals surface area contributed by atoms with Gasteiger partial charge in [0, 0.05) is 0 Å². The minimum Gasteiger partial charge on any atom is -0.302 e. The van der Waals surface area contributed by atoms with Crippen LogP contribution in [0.1, 0.15) is 40.5 Å². The second kappa shape index (κ2) is 12.2. The molecule has 0 bridgehead atoms. The van der Waals surface area contributed by atoms with Crippen molar-refractivity contribution in [3.8, 4) is 6.07 Å². The Hall–Kier alpha value is -0.550. The van der Waals surface area contributed by atoms with Gasteiger partial charge in [-0.15, -0.1) is 0 Å². The fraction of sp³-hybridized carbons (Fsp3) is 0.889. The molecule has 0 aromatic carbocycles. The van der Waals surface area contributed by atoms with Crippen molar-refractivity contribution in [1.82, 2.24) is 5.32 Å². The third kappa shape index (κ3) is 7.35. The monoisotopic (exact) mass is 156 g/mol. The van der Waals surface area contributed by atoms with Gasteiger partial charge < -0.3 is 5.32 Å². The number of nitriles is 1. The van der Waals surface area contributed by atoms with Crippen molar-refractivity contribution in [3.63, 3.8) is 0 Å². The number of hydrogen-bond acceptors (Lipinski definition) is 2. The maximum absolute atomic E-state index is 8.25. The second-order valence-corrected chi connectivity index (χ2v) is 1.78. The third-order valence-electron chi connectivity index (χ3n) is 1.22. The van der Waals surface area contributed by atoms with E-state index < -0.39 is 0 Å². The summed E-state index contributed by atoms with van der Waals surface area (Å²) in [6.07, 6.45) is 2.20. The van der Waals surface area contributed by atoms with E-state index in [1.54, 1.807) is 0 Å². The highest BCUT2D eigenvalue weighted by Gasteiger charge is 2.10. The average Bonchev–Trinajstić information content (AvgIpc) is 2.63. The summed E-state index contributed by atoms with van der Waals surface area (Å²) in [5, 5.41) is 11.3. The molecule has 1 rings (SSSR count). The van der Waals surface area contributed by atoms with Gasteiger partial charge in [0.25, 0.3) is 0 Å². The number of nitrogens with one attached hydrogen (secondary N) is 1. The molecule has 1 unspecified atom stereocenters. The lowest BCUT2D eigenvalue weighted by molar-refractivity contribution is 0.740. The molecule has 1 aliphatic rings. The summed E-state index contributed by atoms with van der Waals surface area (Å²) in [6.45, 7) is 9.03. The van der Waals surface area contributed by atoms with Crippen LogP contribution in [0, 0.1) is 11.3 Å². The SMILES string of the molecule is CC.CC.N#CC1CCCN1. The highest BCUT2D eigenvalue weighted by Crippen LogP contribution is 2.01. The minimum atomic E-state index is 0.153. The van der Waals surface area contributed by atoms with Crippen LogP contribution in [0.5, 0.6) is 0 Å². The van der Waals surface area contributed by atoms with Gasteiger partial charge in [-0.25, -0.2) is 0 Å². The molecule has 1 aliphatic heterocycles. The molecule has 0 saturated carbocycles. The van der Waals surface area contributed by atoms with Gasteiger partial charge in [-0.2, -0.15) is 5.26 Å². The molecule has 1 atom stereocenters. The molecule has 2 heteroatoms. The van der Waals surface area contributed by atoms with Gasteiger partial charge in [0.2, 0.25) is 0 Å². The van der Waals surface area contributed by atoms with Crippen LogP contribution in [0.15, 0.2) is 0 Å². The molecule has 0 radical (unpaired) electrons. The number of nitrogens with zero attached hydrogens (tertiary/aromatic N) is 1. The highest BCUT2D eigenvalue weighted by molar-refractivity contribution is 4.92. The molecule has 1 fully saturated rings. The molecule has 2 nitrogen and oxygen atoms in total. The zero-order valence-corrected chi connectivity index (χ0v) is 8.15. The molecule has 11 heavy (non-hydrogen) atoms. The molecule has 0 aromatic rings. The van der Waals surface area contributed by atoms with Crippen molar-refractivity contribution in [2.45, 2.75) is 46.6 Å². The van der Waals surface area contributed by atoms with Crippen molar-refractivity contribution in [2.75, 3.05) is 6.54 Å². The normalized spacial score (nSPS) is 20.1. The quantitative estimate of drug-likeness (QED) is 0.584. The lowest BCUT2D eigenvalue weighted by Crippen LogP contribution is -2.18. The van der Waals surface area contributed by atoms with Crippen molar-refractivity contribution in [1.29, 1.82) is 5.26 Å². The van der Waals surface area contributed by atoms with Crippen LogP contribution in [0.2, 0.25) is 0 Å². The zero-order chi connectivity index (χ0) is 9.11. The Morgan fingerprint density at radius 3 is 2.00 bits per heavy atom. The fourth-order valence-electron chi connectivity index (χ4n) is 0.795. The minimum absolute atomic E-state index is 0.153. The Morgan fingerprint density at radius 2 is 1.82 bits per heavy atom. The zero-order valence-electron chi connectivity index (χ0n) is 8.15. The Balaban J connectivity index is 0. The van der Waals surface area contributed by atoms with Gasteiger partial charge in [-0.1, -0.05) is 27.7 Å². The van der Waals surface area contributed by atoms with Crippen LogP contribution < -0.4 is 5.32 Å². The van der Waals surface area contributed by atoms with Crippen molar-refractivity contribution in [2.24, 2.45) is 0 Å². The molecule has 0 aliphatic carbocycles. The summed E-state index contributed by atoms with van der Waals surface area (Å²) < 4.78 is 0. The van der Waals surface area contributed by atoms with Gasteiger partial charge in [0.1, 0.15) is 0 Å². The van der Waals surface area contributed by atoms with Crippen molar-refractivity contribution >= 4 is 0 Å². The molecule has 66 valence electrons. The van der Waals surface area contributed by atoms with Gasteiger partial charge in [-0.3, -0.25) is 0 Å². The number of hydrogen-bond donors (Lipinski definition) is 1. The van der Waals surface area contributed by atoms with Gasteiger partial charge in [-0.05, 0) is 19.4 Å². The molecule has 1 heterocycles. The van der Waals surface area contributed by atoms with E-state index >= 15 is 0 Å². The largest absolute Gasteiger partial charge is 0.302 e. The van der Waals surface area contributed by atoms with Crippen LogP contribution in [-0.2, 0) is 0 Å². The van der Waals surface area contributed by atoms with E-state index in [-0.39, 0.29) is 6.04 Å². The molecule has 0 spiro atoms. The van der Waals surface area contributed by atoms with Crippen LogP contribution in [0.4, 0.5) is 0 Å². The second-order valence-electron chi connectivity index (χ2n) is 1.78.